The van der Waals surface area contributed by atoms with Gasteiger partial charge in [0.05, 0.1) is 10.9 Å². The number of likely N-dealkylation sites (tertiary alicyclic amines) is 1. The number of nitrogens with two attached hydrogens (primary N) is 1. The zero-order chi connectivity index (χ0) is 22.1. The minimum Gasteiger partial charge on any atom is -0.484 e. The van der Waals surface area contributed by atoms with E-state index < -0.39 is 11.9 Å². The number of nitrogens with zero attached hydrogens (tertiary/aromatic N) is 1. The van der Waals surface area contributed by atoms with Crippen LogP contribution in [-0.4, -0.2) is 35.9 Å². The first-order valence-corrected chi connectivity index (χ1v) is 9.90. The number of hydrogen-bond donors (Lipinski definition) is 1. The van der Waals surface area contributed by atoms with Crippen LogP contribution < -0.4 is 15.9 Å². The van der Waals surface area contributed by atoms with Crippen LogP contribution in [0.5, 0.6) is 5.75 Å². The minimum atomic E-state index is -0.599. The van der Waals surface area contributed by atoms with Crippen LogP contribution in [0.25, 0.3) is 22.1 Å². The highest BCUT2D eigenvalue weighted by molar-refractivity contribution is 5.88. The molecule has 0 unspecified atom stereocenters. The number of carbonyl (C=O) groups is 2. The molecule has 1 aliphatic rings. The number of benzene rings is 2. The SMILES string of the molecule is Cc1oc2cc(OCC(=O)N3CCC[C@@H]3C(N)=O)ccc2c(=O)c1-c1ccc(F)cc1. The van der Waals surface area contributed by atoms with E-state index in [-0.39, 0.29) is 23.8 Å². The average Bonchev–Trinajstić information content (AvgIpc) is 3.23. The second-order valence-corrected chi connectivity index (χ2v) is 7.46. The fraction of sp³-hybridized carbons (Fsp3) is 0.261. The summed E-state index contributed by atoms with van der Waals surface area (Å²) in [5, 5.41) is 0.344. The van der Waals surface area contributed by atoms with Gasteiger partial charge in [0.25, 0.3) is 5.91 Å². The molecule has 3 aromatic rings. The number of rotatable bonds is 5. The number of ether oxygens (including phenoxy) is 1. The van der Waals surface area contributed by atoms with Gasteiger partial charge in [0.2, 0.25) is 11.3 Å². The maximum absolute atomic E-state index is 13.2. The summed E-state index contributed by atoms with van der Waals surface area (Å²) >= 11 is 0. The first-order chi connectivity index (χ1) is 14.8. The van der Waals surface area contributed by atoms with Gasteiger partial charge in [0.1, 0.15) is 29.0 Å². The molecule has 0 aliphatic carbocycles. The molecule has 0 radical (unpaired) electrons. The van der Waals surface area contributed by atoms with E-state index in [0.29, 0.717) is 46.6 Å². The lowest BCUT2D eigenvalue weighted by Crippen LogP contribution is -2.45. The Morgan fingerprint density at radius 3 is 2.68 bits per heavy atom. The van der Waals surface area contributed by atoms with Crippen LogP contribution in [0, 0.1) is 12.7 Å². The second-order valence-electron chi connectivity index (χ2n) is 7.46. The molecule has 7 nitrogen and oxygen atoms in total. The Kier molecular flexibility index (Phi) is 5.46. The van der Waals surface area contributed by atoms with E-state index in [0.717, 1.165) is 6.42 Å². The summed E-state index contributed by atoms with van der Waals surface area (Å²) in [6.07, 6.45) is 1.27. The Hall–Kier alpha value is -3.68. The van der Waals surface area contributed by atoms with Crippen molar-refractivity contribution in [3.63, 3.8) is 0 Å². The maximum atomic E-state index is 13.2. The first kappa shape index (κ1) is 20.6. The van der Waals surface area contributed by atoms with Crippen molar-refractivity contribution in [3.8, 4) is 16.9 Å². The van der Waals surface area contributed by atoms with Crippen molar-refractivity contribution in [3.05, 3.63) is 64.3 Å². The van der Waals surface area contributed by atoms with E-state index in [1.54, 1.807) is 25.1 Å². The van der Waals surface area contributed by atoms with Crippen LogP contribution in [0.2, 0.25) is 0 Å². The molecule has 4 rings (SSSR count). The Balaban J connectivity index is 1.57. The second kappa shape index (κ2) is 8.22. The van der Waals surface area contributed by atoms with E-state index in [9.17, 15) is 18.8 Å². The predicted octanol–water partition coefficient (Wildman–Crippen LogP) is 2.76. The van der Waals surface area contributed by atoms with Gasteiger partial charge in [-0.25, -0.2) is 4.39 Å². The molecule has 2 aromatic carbocycles. The monoisotopic (exact) mass is 424 g/mol. The number of aryl methyl sites for hydroxylation is 1. The third kappa shape index (κ3) is 4.01. The third-order valence-electron chi connectivity index (χ3n) is 5.44. The number of fused-ring (bicyclic) bond motifs is 1. The Labute approximate surface area is 177 Å². The molecule has 0 spiro atoms. The number of amides is 2. The highest BCUT2D eigenvalue weighted by atomic mass is 19.1. The Morgan fingerprint density at radius 1 is 1.23 bits per heavy atom. The molecule has 1 atom stereocenters. The lowest BCUT2D eigenvalue weighted by molar-refractivity contribution is -0.138. The fourth-order valence-electron chi connectivity index (χ4n) is 3.91. The molecule has 0 saturated carbocycles. The molecule has 160 valence electrons. The van der Waals surface area contributed by atoms with Crippen LogP contribution in [0.1, 0.15) is 18.6 Å². The molecule has 2 heterocycles. The van der Waals surface area contributed by atoms with Gasteiger partial charge in [-0.3, -0.25) is 14.4 Å². The molecule has 1 aliphatic heterocycles. The fourth-order valence-corrected chi connectivity index (χ4v) is 3.91. The topological polar surface area (TPSA) is 103 Å². The van der Waals surface area contributed by atoms with Gasteiger partial charge in [0.15, 0.2) is 6.61 Å². The van der Waals surface area contributed by atoms with Crippen molar-refractivity contribution in [1.29, 1.82) is 0 Å². The van der Waals surface area contributed by atoms with Crippen LogP contribution in [0.15, 0.2) is 51.7 Å². The molecule has 1 aromatic heterocycles. The maximum Gasteiger partial charge on any atom is 0.261 e. The summed E-state index contributed by atoms with van der Waals surface area (Å²) in [6.45, 7) is 1.87. The van der Waals surface area contributed by atoms with Crippen molar-refractivity contribution in [2.75, 3.05) is 13.2 Å². The summed E-state index contributed by atoms with van der Waals surface area (Å²) in [4.78, 5) is 38.3. The van der Waals surface area contributed by atoms with E-state index in [1.165, 1.54) is 29.2 Å². The van der Waals surface area contributed by atoms with E-state index in [1.807, 2.05) is 0 Å². The average molecular weight is 424 g/mol. The molecule has 1 saturated heterocycles. The number of hydrogen-bond acceptors (Lipinski definition) is 5. The van der Waals surface area contributed by atoms with Crippen molar-refractivity contribution in [2.45, 2.75) is 25.8 Å². The van der Waals surface area contributed by atoms with E-state index in [2.05, 4.69) is 0 Å². The molecule has 2 N–H and O–H groups in total. The van der Waals surface area contributed by atoms with Crippen LogP contribution in [0.4, 0.5) is 4.39 Å². The number of halogens is 1. The highest BCUT2D eigenvalue weighted by Crippen LogP contribution is 2.27. The Morgan fingerprint density at radius 2 is 1.97 bits per heavy atom. The van der Waals surface area contributed by atoms with Crippen molar-refractivity contribution in [2.24, 2.45) is 5.73 Å². The molecule has 1 fully saturated rings. The minimum absolute atomic E-state index is 0.241. The smallest absolute Gasteiger partial charge is 0.261 e. The Bertz CT molecular complexity index is 1220. The summed E-state index contributed by atoms with van der Waals surface area (Å²) in [7, 11) is 0. The normalized spacial score (nSPS) is 15.9. The van der Waals surface area contributed by atoms with Gasteiger partial charge in [-0.15, -0.1) is 0 Å². The van der Waals surface area contributed by atoms with Crippen LogP contribution in [-0.2, 0) is 9.59 Å². The zero-order valence-electron chi connectivity index (χ0n) is 16.9. The van der Waals surface area contributed by atoms with Gasteiger partial charge in [-0.05, 0) is 49.6 Å². The molecule has 8 heteroatoms. The summed E-state index contributed by atoms with van der Waals surface area (Å²) in [6, 6.07) is 9.72. The molecule has 0 bridgehead atoms. The number of carbonyl (C=O) groups excluding carboxylic acids is 2. The van der Waals surface area contributed by atoms with Crippen molar-refractivity contribution in [1.82, 2.24) is 4.90 Å². The molecular weight excluding hydrogens is 403 g/mol. The van der Waals surface area contributed by atoms with Gasteiger partial charge < -0.3 is 19.8 Å². The number of primary amides is 1. The molecule has 31 heavy (non-hydrogen) atoms. The van der Waals surface area contributed by atoms with Gasteiger partial charge in [-0.2, -0.15) is 0 Å². The summed E-state index contributed by atoms with van der Waals surface area (Å²) < 4.78 is 24.6. The molecule has 2 amide bonds. The quantitative estimate of drug-likeness (QED) is 0.678. The zero-order valence-corrected chi connectivity index (χ0v) is 16.9. The van der Waals surface area contributed by atoms with Gasteiger partial charge >= 0.3 is 0 Å². The standard InChI is InChI=1S/C23H21FN2O5/c1-13-21(14-4-6-15(24)7-5-14)22(28)17-9-8-16(11-19(17)31-13)30-12-20(27)26-10-2-3-18(26)23(25)29/h4-9,11,18H,2-3,10,12H2,1H3,(H2,25,29)/t18-/m1/s1. The van der Waals surface area contributed by atoms with Crippen LogP contribution >= 0.6 is 0 Å². The van der Waals surface area contributed by atoms with Gasteiger partial charge in [0, 0.05) is 12.6 Å². The van der Waals surface area contributed by atoms with Gasteiger partial charge in [-0.1, -0.05) is 12.1 Å². The lowest BCUT2D eigenvalue weighted by atomic mass is 10.0. The first-order valence-electron chi connectivity index (χ1n) is 9.90. The van der Waals surface area contributed by atoms with E-state index in [4.69, 9.17) is 14.9 Å². The summed E-state index contributed by atoms with van der Waals surface area (Å²) in [5.74, 6) is -0.498. The lowest BCUT2D eigenvalue weighted by Gasteiger charge is -2.22. The third-order valence-corrected chi connectivity index (χ3v) is 5.44. The molecular formula is C23H21FN2O5. The summed E-state index contributed by atoms with van der Waals surface area (Å²) in [5.41, 5.74) is 6.35. The van der Waals surface area contributed by atoms with E-state index >= 15 is 0 Å². The highest BCUT2D eigenvalue weighted by Gasteiger charge is 2.32. The van der Waals surface area contributed by atoms with Crippen LogP contribution in [0.3, 0.4) is 0 Å². The van der Waals surface area contributed by atoms with Crippen molar-refractivity contribution < 1.29 is 23.1 Å². The largest absolute Gasteiger partial charge is 0.484 e. The predicted molar refractivity (Wildman–Crippen MR) is 112 cm³/mol. The van der Waals surface area contributed by atoms with Crippen molar-refractivity contribution >= 4 is 22.8 Å².